The van der Waals surface area contributed by atoms with E-state index in [4.69, 9.17) is 10.5 Å². The molecule has 1 fully saturated rings. The van der Waals surface area contributed by atoms with Crippen molar-refractivity contribution in [3.63, 3.8) is 0 Å². The minimum absolute atomic E-state index is 0.00663. The van der Waals surface area contributed by atoms with Gasteiger partial charge in [0.05, 0.1) is 12.2 Å². The van der Waals surface area contributed by atoms with E-state index in [1.165, 1.54) is 0 Å². The van der Waals surface area contributed by atoms with Gasteiger partial charge in [-0.1, -0.05) is 6.07 Å². The highest BCUT2D eigenvalue weighted by atomic mass is 16.5. The van der Waals surface area contributed by atoms with E-state index >= 15 is 0 Å². The highest BCUT2D eigenvalue weighted by molar-refractivity contribution is 5.48. The quantitative estimate of drug-likeness (QED) is 0.848. The van der Waals surface area contributed by atoms with E-state index in [0.717, 1.165) is 24.5 Å². The molecule has 17 heavy (non-hydrogen) atoms. The number of hydrogen-bond donors (Lipinski definition) is 1. The second kappa shape index (κ2) is 5.02. The Morgan fingerprint density at radius 1 is 1.41 bits per heavy atom. The molecule has 94 valence electrons. The predicted octanol–water partition coefficient (Wildman–Crippen LogP) is 1.71. The van der Waals surface area contributed by atoms with Crippen molar-refractivity contribution in [3.8, 4) is 0 Å². The Labute approximate surface area is 103 Å². The Kier molecular flexibility index (Phi) is 3.64. The van der Waals surface area contributed by atoms with E-state index in [1.807, 2.05) is 19.2 Å². The summed E-state index contributed by atoms with van der Waals surface area (Å²) in [7, 11) is 0. The second-order valence-electron chi connectivity index (χ2n) is 4.87. The van der Waals surface area contributed by atoms with Crippen LogP contribution in [0.1, 0.15) is 32.4 Å². The molecular weight excluding hydrogens is 214 g/mol. The van der Waals surface area contributed by atoms with E-state index < -0.39 is 0 Å². The third-order valence-electron chi connectivity index (χ3n) is 3.03. The highest BCUT2D eigenvalue weighted by Crippen LogP contribution is 2.25. The number of rotatable bonds is 2. The molecule has 1 aromatic rings. The Hall–Kier alpha value is -1.13. The molecule has 1 aliphatic rings. The Balaban J connectivity index is 2.27. The van der Waals surface area contributed by atoms with Gasteiger partial charge in [-0.15, -0.1) is 0 Å². The average molecular weight is 235 g/mol. The molecule has 0 spiro atoms. The van der Waals surface area contributed by atoms with Crippen molar-refractivity contribution >= 4 is 5.82 Å². The molecule has 2 heterocycles. The van der Waals surface area contributed by atoms with Crippen LogP contribution in [0.5, 0.6) is 0 Å². The number of aromatic nitrogens is 1. The van der Waals surface area contributed by atoms with Crippen molar-refractivity contribution < 1.29 is 4.74 Å². The molecule has 0 radical (unpaired) electrons. The maximum atomic E-state index is 5.99. The van der Waals surface area contributed by atoms with Crippen LogP contribution in [0.15, 0.2) is 18.3 Å². The molecule has 0 aromatic carbocycles. The lowest BCUT2D eigenvalue weighted by atomic mass is 10.1. The van der Waals surface area contributed by atoms with Gasteiger partial charge in [0.15, 0.2) is 0 Å². The van der Waals surface area contributed by atoms with Crippen LogP contribution in [-0.4, -0.2) is 30.3 Å². The van der Waals surface area contributed by atoms with Crippen LogP contribution < -0.4 is 10.6 Å². The second-order valence-corrected chi connectivity index (χ2v) is 4.87. The van der Waals surface area contributed by atoms with Crippen LogP contribution >= 0.6 is 0 Å². The largest absolute Gasteiger partial charge is 0.372 e. The Morgan fingerprint density at radius 2 is 2.06 bits per heavy atom. The van der Waals surface area contributed by atoms with Crippen LogP contribution in [-0.2, 0) is 4.74 Å². The first kappa shape index (κ1) is 12.3. The smallest absolute Gasteiger partial charge is 0.133 e. The summed E-state index contributed by atoms with van der Waals surface area (Å²) in [5.41, 5.74) is 7.10. The van der Waals surface area contributed by atoms with Gasteiger partial charge in [0.1, 0.15) is 5.82 Å². The molecule has 1 aromatic heterocycles. The molecular formula is C13H21N3O. The van der Waals surface area contributed by atoms with Crippen LogP contribution in [0.3, 0.4) is 0 Å². The maximum absolute atomic E-state index is 5.99. The maximum Gasteiger partial charge on any atom is 0.133 e. The standard InChI is InChI=1S/C13H21N3O/c1-9-7-16(8-10(2)17-9)13-12(11(3)14)5-4-6-15-13/h4-6,9-11H,7-8,14H2,1-3H3/t9-,10+,11-/m0/s1. The van der Waals surface area contributed by atoms with Crippen molar-refractivity contribution in [2.45, 2.75) is 39.0 Å². The molecule has 2 rings (SSSR count). The molecule has 1 saturated heterocycles. The normalized spacial score (nSPS) is 26.9. The fourth-order valence-electron chi connectivity index (χ4n) is 2.38. The molecule has 1 aliphatic heterocycles. The summed E-state index contributed by atoms with van der Waals surface area (Å²) in [6.07, 6.45) is 2.30. The van der Waals surface area contributed by atoms with E-state index in [-0.39, 0.29) is 18.2 Å². The number of morpholine rings is 1. The van der Waals surface area contributed by atoms with Gasteiger partial charge >= 0.3 is 0 Å². The van der Waals surface area contributed by atoms with Crippen molar-refractivity contribution in [1.82, 2.24) is 4.98 Å². The number of hydrogen-bond acceptors (Lipinski definition) is 4. The van der Waals surface area contributed by atoms with Crippen LogP contribution in [0.4, 0.5) is 5.82 Å². The van der Waals surface area contributed by atoms with E-state index in [0.29, 0.717) is 0 Å². The molecule has 3 atom stereocenters. The van der Waals surface area contributed by atoms with Crippen molar-refractivity contribution in [2.24, 2.45) is 5.73 Å². The topological polar surface area (TPSA) is 51.4 Å². The third-order valence-corrected chi connectivity index (χ3v) is 3.03. The molecule has 0 aliphatic carbocycles. The summed E-state index contributed by atoms with van der Waals surface area (Å²) in [5.74, 6) is 1.00. The van der Waals surface area contributed by atoms with Gasteiger partial charge in [-0.25, -0.2) is 4.98 Å². The molecule has 0 unspecified atom stereocenters. The molecule has 4 nitrogen and oxygen atoms in total. The van der Waals surface area contributed by atoms with Crippen LogP contribution in [0.2, 0.25) is 0 Å². The molecule has 2 N–H and O–H groups in total. The predicted molar refractivity (Wildman–Crippen MR) is 69.1 cm³/mol. The molecule has 4 heteroatoms. The van der Waals surface area contributed by atoms with Gasteiger partial charge in [0.2, 0.25) is 0 Å². The summed E-state index contributed by atoms with van der Waals surface area (Å²) in [6, 6.07) is 4.00. The number of nitrogens with two attached hydrogens (primary N) is 1. The zero-order chi connectivity index (χ0) is 12.4. The van der Waals surface area contributed by atoms with Gasteiger partial charge in [-0.05, 0) is 26.8 Å². The monoisotopic (exact) mass is 235 g/mol. The van der Waals surface area contributed by atoms with Gasteiger partial charge in [-0.3, -0.25) is 0 Å². The van der Waals surface area contributed by atoms with Crippen LogP contribution in [0, 0.1) is 0 Å². The molecule has 0 amide bonds. The average Bonchev–Trinajstić information content (AvgIpc) is 2.27. The number of ether oxygens (including phenoxy) is 1. The summed E-state index contributed by atoms with van der Waals surface area (Å²) in [4.78, 5) is 6.76. The zero-order valence-electron chi connectivity index (χ0n) is 10.8. The Morgan fingerprint density at radius 3 is 2.65 bits per heavy atom. The number of anilines is 1. The number of pyridine rings is 1. The minimum Gasteiger partial charge on any atom is -0.372 e. The lowest BCUT2D eigenvalue weighted by Crippen LogP contribution is -2.46. The summed E-state index contributed by atoms with van der Waals surface area (Å²) >= 11 is 0. The molecule has 0 saturated carbocycles. The SMILES string of the molecule is C[C@@H]1CN(c2ncccc2[C@H](C)N)C[C@H](C)O1. The van der Waals surface area contributed by atoms with Crippen molar-refractivity contribution in [2.75, 3.05) is 18.0 Å². The third kappa shape index (κ3) is 2.76. The fraction of sp³-hybridized carbons (Fsp3) is 0.615. The first-order valence-electron chi connectivity index (χ1n) is 6.19. The fourth-order valence-corrected chi connectivity index (χ4v) is 2.38. The van der Waals surface area contributed by atoms with Crippen molar-refractivity contribution in [3.05, 3.63) is 23.9 Å². The molecule has 0 bridgehead atoms. The lowest BCUT2D eigenvalue weighted by molar-refractivity contribution is -0.00552. The highest BCUT2D eigenvalue weighted by Gasteiger charge is 2.25. The summed E-state index contributed by atoms with van der Waals surface area (Å²) in [6.45, 7) is 7.93. The van der Waals surface area contributed by atoms with Crippen molar-refractivity contribution in [1.29, 1.82) is 0 Å². The first-order chi connectivity index (χ1) is 8.08. The zero-order valence-corrected chi connectivity index (χ0v) is 10.8. The van der Waals surface area contributed by atoms with E-state index in [9.17, 15) is 0 Å². The van der Waals surface area contributed by atoms with Gasteiger partial charge in [0, 0.05) is 30.9 Å². The number of nitrogens with zero attached hydrogens (tertiary/aromatic N) is 2. The summed E-state index contributed by atoms with van der Waals surface area (Å²) in [5, 5.41) is 0. The van der Waals surface area contributed by atoms with E-state index in [2.05, 4.69) is 29.8 Å². The van der Waals surface area contributed by atoms with Gasteiger partial charge in [-0.2, -0.15) is 0 Å². The van der Waals surface area contributed by atoms with E-state index in [1.54, 1.807) is 0 Å². The van der Waals surface area contributed by atoms with Crippen LogP contribution in [0.25, 0.3) is 0 Å². The van der Waals surface area contributed by atoms with Gasteiger partial charge in [0.25, 0.3) is 0 Å². The summed E-state index contributed by atoms with van der Waals surface area (Å²) < 4.78 is 5.74. The lowest BCUT2D eigenvalue weighted by Gasteiger charge is -2.37. The Bertz CT molecular complexity index is 371. The minimum atomic E-state index is 0.00663. The van der Waals surface area contributed by atoms with Gasteiger partial charge < -0.3 is 15.4 Å². The first-order valence-corrected chi connectivity index (χ1v) is 6.19.